The Balaban J connectivity index is 0.00000210. The van der Waals surface area contributed by atoms with Crippen molar-refractivity contribution in [3.8, 4) is 0 Å². The average molecular weight is 547 g/mol. The van der Waals surface area contributed by atoms with Crippen LogP contribution < -0.4 is 10.6 Å². The van der Waals surface area contributed by atoms with E-state index in [1.165, 1.54) is 61.7 Å². The first kappa shape index (κ1) is 21.4. The van der Waals surface area contributed by atoms with E-state index in [9.17, 15) is 0 Å². The highest BCUT2D eigenvalue weighted by Crippen LogP contribution is 2.50. The van der Waals surface area contributed by atoms with E-state index in [1.54, 1.807) is 0 Å². The number of hydrogen-bond donors (Lipinski definition) is 2. The molecule has 1 aliphatic heterocycles. The first-order chi connectivity index (χ1) is 12.7. The average Bonchev–Trinajstić information content (AvgIpc) is 3.55. The molecule has 2 N–H and O–H groups in total. The Morgan fingerprint density at radius 3 is 2.48 bits per heavy atom. The number of benzene rings is 1. The number of guanidine groups is 1. The molecule has 1 saturated heterocycles. The maximum atomic E-state index is 4.99. The second kappa shape index (κ2) is 9.44. The van der Waals surface area contributed by atoms with E-state index in [1.807, 2.05) is 0 Å². The minimum atomic E-state index is 0. The molecule has 0 amide bonds. The van der Waals surface area contributed by atoms with Gasteiger partial charge in [-0.25, -0.2) is 0 Å². The van der Waals surface area contributed by atoms with Crippen molar-refractivity contribution in [3.05, 3.63) is 34.3 Å². The summed E-state index contributed by atoms with van der Waals surface area (Å²) in [5, 5.41) is 7.16. The number of nitrogens with zero attached hydrogens (tertiary/aromatic N) is 2. The van der Waals surface area contributed by atoms with Gasteiger partial charge in [0.05, 0.1) is 6.54 Å². The lowest BCUT2D eigenvalue weighted by molar-refractivity contribution is 0.197. The van der Waals surface area contributed by atoms with Crippen molar-refractivity contribution in [2.24, 2.45) is 4.99 Å². The third-order valence-electron chi connectivity index (χ3n) is 6.12. The van der Waals surface area contributed by atoms with Crippen LogP contribution in [0.15, 0.2) is 33.7 Å². The van der Waals surface area contributed by atoms with Crippen molar-refractivity contribution in [2.75, 3.05) is 26.2 Å². The Morgan fingerprint density at radius 2 is 1.89 bits per heavy atom. The smallest absolute Gasteiger partial charge is 0.191 e. The van der Waals surface area contributed by atoms with Crippen molar-refractivity contribution >= 4 is 45.9 Å². The van der Waals surface area contributed by atoms with E-state index in [4.69, 9.17) is 4.99 Å². The van der Waals surface area contributed by atoms with Gasteiger partial charge in [-0.1, -0.05) is 34.1 Å². The summed E-state index contributed by atoms with van der Waals surface area (Å²) in [7, 11) is 0. The first-order valence-corrected chi connectivity index (χ1v) is 11.0. The number of hydrogen-bond acceptors (Lipinski definition) is 2. The summed E-state index contributed by atoms with van der Waals surface area (Å²) in [4.78, 5) is 7.66. The number of rotatable bonds is 6. The van der Waals surface area contributed by atoms with Crippen LogP contribution >= 0.6 is 39.9 Å². The molecule has 1 heterocycles. The van der Waals surface area contributed by atoms with E-state index in [2.05, 4.69) is 62.7 Å². The second-order valence-electron chi connectivity index (χ2n) is 8.14. The highest BCUT2D eigenvalue weighted by atomic mass is 127. The lowest BCUT2D eigenvalue weighted by atomic mass is 9.96. The van der Waals surface area contributed by atoms with Crippen LogP contribution in [0, 0.1) is 0 Å². The van der Waals surface area contributed by atoms with Crippen LogP contribution in [0.5, 0.6) is 0 Å². The number of likely N-dealkylation sites (tertiary alicyclic amines) is 1. The molecule has 4 nitrogen and oxygen atoms in total. The van der Waals surface area contributed by atoms with Gasteiger partial charge in [0, 0.05) is 41.6 Å². The van der Waals surface area contributed by atoms with Gasteiger partial charge < -0.3 is 15.5 Å². The quantitative estimate of drug-likeness (QED) is 0.318. The predicted molar refractivity (Wildman–Crippen MR) is 127 cm³/mol. The summed E-state index contributed by atoms with van der Waals surface area (Å²) in [5.41, 5.74) is 1.65. The van der Waals surface area contributed by atoms with Gasteiger partial charge in [-0.05, 0) is 57.1 Å². The fourth-order valence-electron chi connectivity index (χ4n) is 4.15. The largest absolute Gasteiger partial charge is 0.357 e. The molecule has 2 saturated carbocycles. The molecule has 1 aromatic carbocycles. The maximum Gasteiger partial charge on any atom is 0.191 e. The van der Waals surface area contributed by atoms with Crippen molar-refractivity contribution in [2.45, 2.75) is 62.9 Å². The van der Waals surface area contributed by atoms with E-state index in [0.29, 0.717) is 6.04 Å². The molecule has 1 aromatic rings. The molecule has 0 bridgehead atoms. The lowest BCUT2D eigenvalue weighted by Crippen LogP contribution is -2.49. The minimum absolute atomic E-state index is 0. The van der Waals surface area contributed by atoms with Gasteiger partial charge in [0.2, 0.25) is 0 Å². The standard InChI is InChI=1S/C21H31BrN4.HI/c1-2-23-20(25-16-9-13-26(14-10-16)17-7-8-17)24-15-21(11-12-21)18-5-3-4-6-19(18)22;/h3-6,16-17H,2,7-15H2,1H3,(H2,23,24,25);1H. The molecule has 3 aliphatic rings. The van der Waals surface area contributed by atoms with Crippen LogP contribution in [-0.4, -0.2) is 49.1 Å². The van der Waals surface area contributed by atoms with Gasteiger partial charge in [0.25, 0.3) is 0 Å². The molecule has 0 aromatic heterocycles. The molecule has 2 aliphatic carbocycles. The van der Waals surface area contributed by atoms with Gasteiger partial charge in [0.1, 0.15) is 0 Å². The van der Waals surface area contributed by atoms with Crippen molar-refractivity contribution in [1.82, 2.24) is 15.5 Å². The first-order valence-electron chi connectivity index (χ1n) is 10.2. The fraction of sp³-hybridized carbons (Fsp3) is 0.667. The van der Waals surface area contributed by atoms with Gasteiger partial charge in [-0.3, -0.25) is 4.99 Å². The molecule has 0 unspecified atom stereocenters. The molecule has 27 heavy (non-hydrogen) atoms. The highest BCUT2D eigenvalue weighted by Gasteiger charge is 2.45. The summed E-state index contributed by atoms with van der Waals surface area (Å²) in [6, 6.07) is 10.1. The zero-order valence-corrected chi connectivity index (χ0v) is 20.1. The molecular weight excluding hydrogens is 515 g/mol. The molecule has 6 heteroatoms. The third kappa shape index (κ3) is 5.38. The Bertz CT molecular complexity index is 649. The maximum absolute atomic E-state index is 4.99. The normalized spacial score (nSPS) is 22.8. The SMILES string of the molecule is CCNC(=NCC1(c2ccccc2Br)CC1)NC1CCN(C2CC2)CC1.I. The molecule has 0 radical (unpaired) electrons. The van der Waals surface area contributed by atoms with Crippen LogP contribution in [-0.2, 0) is 5.41 Å². The van der Waals surface area contributed by atoms with E-state index in [-0.39, 0.29) is 29.4 Å². The van der Waals surface area contributed by atoms with Crippen LogP contribution in [0.2, 0.25) is 0 Å². The monoisotopic (exact) mass is 546 g/mol. The van der Waals surface area contributed by atoms with E-state index < -0.39 is 0 Å². The van der Waals surface area contributed by atoms with Gasteiger partial charge >= 0.3 is 0 Å². The third-order valence-corrected chi connectivity index (χ3v) is 6.81. The van der Waals surface area contributed by atoms with Crippen LogP contribution in [0.3, 0.4) is 0 Å². The summed E-state index contributed by atoms with van der Waals surface area (Å²) in [6.45, 7) is 6.40. The van der Waals surface area contributed by atoms with Crippen molar-refractivity contribution in [1.29, 1.82) is 0 Å². The molecule has 3 fully saturated rings. The van der Waals surface area contributed by atoms with Crippen molar-refractivity contribution in [3.63, 3.8) is 0 Å². The molecular formula is C21H32BrIN4. The highest BCUT2D eigenvalue weighted by molar-refractivity contribution is 14.0. The zero-order valence-electron chi connectivity index (χ0n) is 16.2. The number of aliphatic imine (C=N–C) groups is 1. The Labute approximate surface area is 189 Å². The molecule has 4 rings (SSSR count). The predicted octanol–water partition coefficient (Wildman–Crippen LogP) is 4.28. The lowest BCUT2D eigenvalue weighted by Gasteiger charge is -2.33. The van der Waals surface area contributed by atoms with Crippen LogP contribution in [0.1, 0.15) is 51.0 Å². The fourth-order valence-corrected chi connectivity index (χ4v) is 4.85. The molecule has 0 atom stereocenters. The summed E-state index contributed by atoms with van der Waals surface area (Å²) < 4.78 is 1.22. The van der Waals surface area contributed by atoms with Crippen LogP contribution in [0.25, 0.3) is 0 Å². The minimum Gasteiger partial charge on any atom is -0.357 e. The Morgan fingerprint density at radius 1 is 1.19 bits per heavy atom. The molecule has 0 spiro atoms. The Kier molecular flexibility index (Phi) is 7.47. The van der Waals surface area contributed by atoms with Gasteiger partial charge in [-0.2, -0.15) is 0 Å². The van der Waals surface area contributed by atoms with Crippen molar-refractivity contribution < 1.29 is 0 Å². The topological polar surface area (TPSA) is 39.7 Å². The number of halogens is 2. The number of nitrogens with one attached hydrogen (secondary N) is 2. The summed E-state index contributed by atoms with van der Waals surface area (Å²) in [5.74, 6) is 0.996. The molecule has 150 valence electrons. The van der Waals surface area contributed by atoms with Gasteiger partial charge in [-0.15, -0.1) is 24.0 Å². The Hall–Kier alpha value is -0.340. The van der Waals surface area contributed by atoms with E-state index >= 15 is 0 Å². The zero-order chi connectivity index (χ0) is 18.0. The second-order valence-corrected chi connectivity index (χ2v) is 9.00. The van der Waals surface area contributed by atoms with E-state index in [0.717, 1.165) is 25.1 Å². The summed E-state index contributed by atoms with van der Waals surface area (Å²) >= 11 is 3.73. The summed E-state index contributed by atoms with van der Waals surface area (Å²) in [6.07, 6.45) is 7.77. The van der Waals surface area contributed by atoms with Gasteiger partial charge in [0.15, 0.2) is 5.96 Å². The van der Waals surface area contributed by atoms with Crippen LogP contribution in [0.4, 0.5) is 0 Å². The number of piperidine rings is 1.